The van der Waals surface area contributed by atoms with Crippen LogP contribution in [0.25, 0.3) is 6.08 Å². The number of carbonyl (C=O) groups is 2. The molecule has 0 aromatic heterocycles. The molecule has 6 heteroatoms. The molecular formula is C18H24O6. The zero-order chi connectivity index (χ0) is 18.1. The monoisotopic (exact) mass is 336 g/mol. The molecule has 132 valence electrons. The van der Waals surface area contributed by atoms with Crippen molar-refractivity contribution in [1.82, 2.24) is 0 Å². The van der Waals surface area contributed by atoms with Gasteiger partial charge in [0.25, 0.3) is 0 Å². The molecular weight excluding hydrogens is 312 g/mol. The Bertz CT molecular complexity index is 593. The lowest BCUT2D eigenvalue weighted by Crippen LogP contribution is -2.15. The highest BCUT2D eigenvalue weighted by molar-refractivity contribution is 6.20. The summed E-state index contributed by atoms with van der Waals surface area (Å²) in [5.74, 6) is 0.444. The van der Waals surface area contributed by atoms with E-state index in [4.69, 9.17) is 18.9 Å². The van der Waals surface area contributed by atoms with Gasteiger partial charge in [0.2, 0.25) is 5.75 Å². The third-order valence-corrected chi connectivity index (χ3v) is 3.20. The van der Waals surface area contributed by atoms with Gasteiger partial charge in [0.1, 0.15) is 5.57 Å². The van der Waals surface area contributed by atoms with Gasteiger partial charge < -0.3 is 18.9 Å². The van der Waals surface area contributed by atoms with Gasteiger partial charge in [-0.05, 0) is 37.6 Å². The van der Waals surface area contributed by atoms with Crippen LogP contribution in [0.4, 0.5) is 0 Å². The van der Waals surface area contributed by atoms with E-state index >= 15 is 0 Å². The first-order chi connectivity index (χ1) is 11.5. The van der Waals surface area contributed by atoms with Crippen molar-refractivity contribution >= 4 is 17.8 Å². The minimum absolute atomic E-state index is 0.00684. The molecule has 0 N–H and O–H groups in total. The number of hydrogen-bond acceptors (Lipinski definition) is 6. The van der Waals surface area contributed by atoms with Crippen LogP contribution >= 0.6 is 0 Å². The van der Waals surface area contributed by atoms with Gasteiger partial charge in [-0.25, -0.2) is 4.79 Å². The van der Waals surface area contributed by atoms with E-state index in [9.17, 15) is 9.59 Å². The van der Waals surface area contributed by atoms with Crippen molar-refractivity contribution in [2.45, 2.75) is 27.2 Å². The van der Waals surface area contributed by atoms with Crippen LogP contribution in [0.15, 0.2) is 17.7 Å². The summed E-state index contributed by atoms with van der Waals surface area (Å²) >= 11 is 0. The van der Waals surface area contributed by atoms with Gasteiger partial charge >= 0.3 is 5.97 Å². The summed E-state index contributed by atoms with van der Waals surface area (Å²) in [5.41, 5.74) is 0.574. The number of esters is 1. The highest BCUT2D eigenvalue weighted by Crippen LogP contribution is 2.39. The van der Waals surface area contributed by atoms with E-state index < -0.39 is 5.97 Å². The molecule has 0 fully saturated rings. The summed E-state index contributed by atoms with van der Waals surface area (Å²) in [6.45, 7) is 5.88. The van der Waals surface area contributed by atoms with Crippen LogP contribution in [0.3, 0.4) is 0 Å². The van der Waals surface area contributed by atoms with Gasteiger partial charge in [-0.15, -0.1) is 0 Å². The van der Waals surface area contributed by atoms with Gasteiger partial charge in [0.05, 0.1) is 27.4 Å². The van der Waals surface area contributed by atoms with Crippen LogP contribution in [0, 0.1) is 0 Å². The number of hydrogen-bond donors (Lipinski definition) is 0. The Balaban J connectivity index is 3.41. The van der Waals surface area contributed by atoms with Crippen LogP contribution < -0.4 is 14.2 Å². The third-order valence-electron chi connectivity index (χ3n) is 3.20. The van der Waals surface area contributed by atoms with Crippen molar-refractivity contribution in [1.29, 1.82) is 0 Å². The summed E-state index contributed by atoms with van der Waals surface area (Å²) in [4.78, 5) is 24.1. The molecule has 0 saturated heterocycles. The van der Waals surface area contributed by atoms with E-state index in [2.05, 4.69) is 0 Å². The molecule has 0 radical (unpaired) electrons. The number of methoxy groups -OCH3 is 2. The first-order valence-electron chi connectivity index (χ1n) is 7.83. The molecule has 0 unspecified atom stereocenters. The van der Waals surface area contributed by atoms with Gasteiger partial charge in [0.15, 0.2) is 17.3 Å². The fraction of sp³-hybridized carbons (Fsp3) is 0.444. The van der Waals surface area contributed by atoms with E-state index in [0.29, 0.717) is 29.4 Å². The topological polar surface area (TPSA) is 71.1 Å². The number of benzene rings is 1. The van der Waals surface area contributed by atoms with Crippen LogP contribution in [0.5, 0.6) is 17.2 Å². The molecule has 6 nitrogen and oxygen atoms in total. The van der Waals surface area contributed by atoms with Gasteiger partial charge in [0, 0.05) is 6.42 Å². The molecule has 0 bridgehead atoms. The van der Waals surface area contributed by atoms with E-state index in [1.54, 1.807) is 26.0 Å². The van der Waals surface area contributed by atoms with Gasteiger partial charge in [-0.1, -0.05) is 6.92 Å². The average molecular weight is 336 g/mol. The number of ketones is 1. The summed E-state index contributed by atoms with van der Waals surface area (Å²) in [5, 5.41) is 0. The molecule has 24 heavy (non-hydrogen) atoms. The molecule has 1 aromatic carbocycles. The van der Waals surface area contributed by atoms with Crippen LogP contribution in [0.2, 0.25) is 0 Å². The quantitative estimate of drug-likeness (QED) is 0.299. The maximum Gasteiger partial charge on any atom is 0.341 e. The predicted molar refractivity (Wildman–Crippen MR) is 90.6 cm³/mol. The minimum atomic E-state index is -0.642. The van der Waals surface area contributed by atoms with Crippen molar-refractivity contribution in [2.75, 3.05) is 27.4 Å². The molecule has 0 aliphatic rings. The zero-order valence-electron chi connectivity index (χ0n) is 14.8. The molecule has 1 rings (SSSR count). The summed E-state index contributed by atoms with van der Waals surface area (Å²) < 4.78 is 21.1. The number of rotatable bonds is 9. The molecule has 0 spiro atoms. The summed E-state index contributed by atoms with van der Waals surface area (Å²) in [6, 6.07) is 3.35. The van der Waals surface area contributed by atoms with Crippen molar-refractivity contribution in [3.05, 3.63) is 23.3 Å². The highest BCUT2D eigenvalue weighted by Gasteiger charge is 2.19. The second-order valence-corrected chi connectivity index (χ2v) is 4.74. The molecule has 0 aliphatic carbocycles. The molecule has 1 aromatic rings. The van der Waals surface area contributed by atoms with Crippen LogP contribution in [-0.2, 0) is 14.3 Å². The highest BCUT2D eigenvalue weighted by atomic mass is 16.5. The normalized spacial score (nSPS) is 11.0. The average Bonchev–Trinajstić information content (AvgIpc) is 2.59. The Labute approximate surface area is 142 Å². The SMILES string of the molecule is CCOC(=O)/C(=C/c1cc(OC)c(OCC)c(OC)c1)C(=O)CC. The predicted octanol–water partition coefficient (Wildman–Crippen LogP) is 3.03. The Hall–Kier alpha value is -2.50. The Morgan fingerprint density at radius 3 is 2.00 bits per heavy atom. The molecule has 0 amide bonds. The Morgan fingerprint density at radius 2 is 1.58 bits per heavy atom. The largest absolute Gasteiger partial charge is 0.493 e. The van der Waals surface area contributed by atoms with Crippen molar-refractivity contribution in [3.63, 3.8) is 0 Å². The van der Waals surface area contributed by atoms with Gasteiger partial charge in [-0.2, -0.15) is 0 Å². The molecule has 0 saturated carbocycles. The van der Waals surface area contributed by atoms with Crippen molar-refractivity contribution in [2.24, 2.45) is 0 Å². The van der Waals surface area contributed by atoms with Crippen LogP contribution in [-0.4, -0.2) is 39.2 Å². The molecule has 0 aliphatic heterocycles. The second-order valence-electron chi connectivity index (χ2n) is 4.74. The smallest absolute Gasteiger partial charge is 0.341 e. The number of carbonyl (C=O) groups excluding carboxylic acids is 2. The van der Waals surface area contributed by atoms with Crippen molar-refractivity contribution in [3.8, 4) is 17.2 Å². The summed E-state index contributed by atoms with van der Waals surface area (Å²) in [7, 11) is 3.02. The van der Waals surface area contributed by atoms with E-state index in [1.807, 2.05) is 6.92 Å². The molecule has 0 heterocycles. The third kappa shape index (κ3) is 4.75. The number of ether oxygens (including phenoxy) is 4. The first-order valence-corrected chi connectivity index (χ1v) is 7.83. The number of Topliss-reactive ketones (excluding diaryl/α,β-unsaturated/α-hetero) is 1. The summed E-state index contributed by atoms with van der Waals surface area (Å²) in [6.07, 6.45) is 1.68. The van der Waals surface area contributed by atoms with E-state index in [-0.39, 0.29) is 24.4 Å². The lowest BCUT2D eigenvalue weighted by molar-refractivity contribution is -0.139. The van der Waals surface area contributed by atoms with Crippen LogP contribution in [0.1, 0.15) is 32.8 Å². The lowest BCUT2D eigenvalue weighted by atomic mass is 10.0. The molecule has 0 atom stereocenters. The van der Waals surface area contributed by atoms with E-state index in [1.165, 1.54) is 20.3 Å². The second kappa shape index (κ2) is 9.60. The Morgan fingerprint density at radius 1 is 1.00 bits per heavy atom. The zero-order valence-corrected chi connectivity index (χ0v) is 14.8. The van der Waals surface area contributed by atoms with Crippen molar-refractivity contribution < 1.29 is 28.5 Å². The first kappa shape index (κ1) is 19.5. The Kier molecular flexibility index (Phi) is 7.82. The standard InChI is InChI=1S/C18H24O6/c1-6-14(19)13(18(20)24-8-3)9-12-10-15(21-4)17(23-7-2)16(11-12)22-5/h9-11H,6-8H2,1-5H3/b13-9+. The maximum absolute atomic E-state index is 12.1. The lowest BCUT2D eigenvalue weighted by Gasteiger charge is -2.14. The maximum atomic E-state index is 12.1. The fourth-order valence-electron chi connectivity index (χ4n) is 2.09. The van der Waals surface area contributed by atoms with Gasteiger partial charge in [-0.3, -0.25) is 4.79 Å². The van der Waals surface area contributed by atoms with E-state index in [0.717, 1.165) is 0 Å². The fourth-order valence-corrected chi connectivity index (χ4v) is 2.09. The minimum Gasteiger partial charge on any atom is -0.493 e.